The molecule has 1 fully saturated rings. The fourth-order valence-corrected chi connectivity index (χ4v) is 4.75. The lowest BCUT2D eigenvalue weighted by molar-refractivity contribution is -0.120. The molecule has 1 aromatic carbocycles. The SMILES string of the molecule is Cl.O=C(CCS(=O)(=O)c1ccc2c(c1)CCC2)NCCN1CCNCC1. The zero-order valence-corrected chi connectivity index (χ0v) is 16.6. The van der Waals surface area contributed by atoms with E-state index in [2.05, 4.69) is 15.5 Å². The van der Waals surface area contributed by atoms with Gasteiger partial charge in [0.1, 0.15) is 0 Å². The summed E-state index contributed by atoms with van der Waals surface area (Å²) < 4.78 is 24.9. The molecule has 6 nitrogen and oxygen atoms in total. The molecule has 0 unspecified atom stereocenters. The van der Waals surface area contributed by atoms with Crippen LogP contribution in [-0.2, 0) is 27.5 Å². The standard InChI is InChI=1S/C18H27N3O3S.ClH/c22-18(20-9-12-21-10-7-19-8-11-21)6-13-25(23,24)17-5-4-15-2-1-3-16(15)14-17;/h4-5,14,19H,1-3,6-13H2,(H,20,22);1H. The van der Waals surface area contributed by atoms with Crippen molar-refractivity contribution in [2.75, 3.05) is 45.0 Å². The third kappa shape index (κ3) is 5.67. The van der Waals surface area contributed by atoms with Crippen LogP contribution in [0.1, 0.15) is 24.0 Å². The highest BCUT2D eigenvalue weighted by molar-refractivity contribution is 7.91. The van der Waals surface area contributed by atoms with Crippen molar-refractivity contribution < 1.29 is 13.2 Å². The molecular formula is C18H28ClN3O3S. The Balaban J connectivity index is 0.00000243. The van der Waals surface area contributed by atoms with E-state index < -0.39 is 9.84 Å². The number of carbonyl (C=O) groups excluding carboxylic acids is 1. The molecule has 1 saturated heterocycles. The number of halogens is 1. The van der Waals surface area contributed by atoms with E-state index in [0.29, 0.717) is 11.4 Å². The lowest BCUT2D eigenvalue weighted by Gasteiger charge is -2.27. The quantitative estimate of drug-likeness (QED) is 0.706. The van der Waals surface area contributed by atoms with Gasteiger partial charge >= 0.3 is 0 Å². The normalized spacial score (nSPS) is 17.4. The van der Waals surface area contributed by atoms with Crippen LogP contribution in [0, 0.1) is 0 Å². The van der Waals surface area contributed by atoms with Crippen LogP contribution in [0.3, 0.4) is 0 Å². The van der Waals surface area contributed by atoms with Crippen molar-refractivity contribution in [3.8, 4) is 0 Å². The van der Waals surface area contributed by atoms with Gasteiger partial charge in [0, 0.05) is 45.7 Å². The van der Waals surface area contributed by atoms with E-state index >= 15 is 0 Å². The molecule has 0 bridgehead atoms. The van der Waals surface area contributed by atoms with E-state index in [0.717, 1.165) is 57.5 Å². The van der Waals surface area contributed by atoms with Gasteiger partial charge in [-0.25, -0.2) is 8.42 Å². The van der Waals surface area contributed by atoms with Crippen LogP contribution in [0.25, 0.3) is 0 Å². The molecule has 1 aliphatic carbocycles. The average Bonchev–Trinajstić information content (AvgIpc) is 3.09. The van der Waals surface area contributed by atoms with Gasteiger partial charge in [0.2, 0.25) is 5.91 Å². The van der Waals surface area contributed by atoms with E-state index in [9.17, 15) is 13.2 Å². The molecule has 0 aromatic heterocycles. The maximum absolute atomic E-state index is 12.5. The number of aryl methyl sites for hydroxylation is 2. The van der Waals surface area contributed by atoms with Gasteiger partial charge in [-0.1, -0.05) is 6.07 Å². The number of nitrogens with one attached hydrogen (secondary N) is 2. The fourth-order valence-electron chi connectivity index (χ4n) is 3.46. The molecule has 1 amide bonds. The van der Waals surface area contributed by atoms with Crippen LogP contribution >= 0.6 is 12.4 Å². The van der Waals surface area contributed by atoms with Crippen LogP contribution in [-0.4, -0.2) is 64.2 Å². The average molecular weight is 402 g/mol. The summed E-state index contributed by atoms with van der Waals surface area (Å²) in [6.45, 7) is 5.31. The molecule has 1 heterocycles. The topological polar surface area (TPSA) is 78.5 Å². The molecule has 1 aromatic rings. The molecular weight excluding hydrogens is 374 g/mol. The number of hydrogen-bond donors (Lipinski definition) is 2. The second-order valence-electron chi connectivity index (χ2n) is 6.79. The zero-order chi connectivity index (χ0) is 17.7. The van der Waals surface area contributed by atoms with Crippen molar-refractivity contribution in [1.82, 2.24) is 15.5 Å². The second kappa shape index (κ2) is 9.69. The Labute approximate surface area is 162 Å². The first-order valence-electron chi connectivity index (χ1n) is 9.09. The number of benzene rings is 1. The van der Waals surface area contributed by atoms with Gasteiger partial charge in [-0.2, -0.15) is 0 Å². The minimum absolute atomic E-state index is 0. The van der Waals surface area contributed by atoms with Gasteiger partial charge < -0.3 is 10.6 Å². The van der Waals surface area contributed by atoms with E-state index in [4.69, 9.17) is 0 Å². The summed E-state index contributed by atoms with van der Waals surface area (Å²) in [4.78, 5) is 14.6. The maximum Gasteiger partial charge on any atom is 0.221 e. The highest BCUT2D eigenvalue weighted by atomic mass is 35.5. The largest absolute Gasteiger partial charge is 0.355 e. The van der Waals surface area contributed by atoms with E-state index in [1.54, 1.807) is 12.1 Å². The molecule has 0 atom stereocenters. The van der Waals surface area contributed by atoms with Gasteiger partial charge in [-0.05, 0) is 42.5 Å². The molecule has 26 heavy (non-hydrogen) atoms. The van der Waals surface area contributed by atoms with E-state index in [1.165, 1.54) is 5.56 Å². The monoisotopic (exact) mass is 401 g/mol. The summed E-state index contributed by atoms with van der Waals surface area (Å²) in [6.07, 6.45) is 3.09. The first kappa shape index (κ1) is 21.2. The van der Waals surface area contributed by atoms with Crippen molar-refractivity contribution in [2.45, 2.75) is 30.6 Å². The van der Waals surface area contributed by atoms with E-state index in [-0.39, 0.29) is 30.5 Å². The lowest BCUT2D eigenvalue weighted by atomic mass is 10.1. The molecule has 0 saturated carbocycles. The summed E-state index contributed by atoms with van der Waals surface area (Å²) in [5.74, 6) is -0.328. The van der Waals surface area contributed by atoms with Gasteiger partial charge in [0.05, 0.1) is 10.6 Å². The van der Waals surface area contributed by atoms with Crippen LogP contribution in [0.4, 0.5) is 0 Å². The Morgan fingerprint density at radius 1 is 1.15 bits per heavy atom. The molecule has 146 valence electrons. The number of amides is 1. The number of carbonyl (C=O) groups is 1. The third-order valence-electron chi connectivity index (χ3n) is 4.99. The lowest BCUT2D eigenvalue weighted by Crippen LogP contribution is -2.46. The third-order valence-corrected chi connectivity index (χ3v) is 6.70. The molecule has 2 N–H and O–H groups in total. The van der Waals surface area contributed by atoms with Crippen molar-refractivity contribution in [1.29, 1.82) is 0 Å². The second-order valence-corrected chi connectivity index (χ2v) is 8.90. The van der Waals surface area contributed by atoms with Crippen molar-refractivity contribution in [3.63, 3.8) is 0 Å². The number of sulfone groups is 1. The number of piperazine rings is 1. The summed E-state index contributed by atoms with van der Waals surface area (Å²) in [7, 11) is -3.40. The Morgan fingerprint density at radius 2 is 1.88 bits per heavy atom. The van der Waals surface area contributed by atoms with Crippen LogP contribution in [0.2, 0.25) is 0 Å². The molecule has 0 spiro atoms. The van der Waals surface area contributed by atoms with Crippen molar-refractivity contribution >= 4 is 28.2 Å². The number of nitrogens with zero attached hydrogens (tertiary/aromatic N) is 1. The van der Waals surface area contributed by atoms with Gasteiger partial charge in [0.15, 0.2) is 9.84 Å². The highest BCUT2D eigenvalue weighted by Gasteiger charge is 2.20. The Kier molecular flexibility index (Phi) is 7.88. The summed E-state index contributed by atoms with van der Waals surface area (Å²) in [6, 6.07) is 5.39. The molecule has 3 rings (SSSR count). The molecule has 0 radical (unpaired) electrons. The Morgan fingerprint density at radius 3 is 2.65 bits per heavy atom. The summed E-state index contributed by atoms with van der Waals surface area (Å²) >= 11 is 0. The van der Waals surface area contributed by atoms with Gasteiger partial charge in [-0.15, -0.1) is 12.4 Å². The number of rotatable bonds is 7. The number of hydrogen-bond acceptors (Lipinski definition) is 5. The molecule has 1 aliphatic heterocycles. The van der Waals surface area contributed by atoms with Crippen LogP contribution in [0.15, 0.2) is 23.1 Å². The summed E-state index contributed by atoms with van der Waals surface area (Å²) in [5.41, 5.74) is 2.39. The van der Waals surface area contributed by atoms with Crippen molar-refractivity contribution in [2.24, 2.45) is 0 Å². The first-order valence-corrected chi connectivity index (χ1v) is 10.7. The van der Waals surface area contributed by atoms with Crippen LogP contribution in [0.5, 0.6) is 0 Å². The van der Waals surface area contributed by atoms with Crippen molar-refractivity contribution in [3.05, 3.63) is 29.3 Å². The van der Waals surface area contributed by atoms with Crippen LogP contribution < -0.4 is 10.6 Å². The Bertz CT molecular complexity index is 718. The van der Waals surface area contributed by atoms with Gasteiger partial charge in [-0.3, -0.25) is 9.69 Å². The zero-order valence-electron chi connectivity index (χ0n) is 15.0. The maximum atomic E-state index is 12.5. The smallest absolute Gasteiger partial charge is 0.221 e. The highest BCUT2D eigenvalue weighted by Crippen LogP contribution is 2.25. The van der Waals surface area contributed by atoms with Gasteiger partial charge in [0.25, 0.3) is 0 Å². The molecule has 2 aliphatic rings. The number of fused-ring (bicyclic) bond motifs is 1. The minimum Gasteiger partial charge on any atom is -0.355 e. The predicted molar refractivity (Wildman–Crippen MR) is 105 cm³/mol. The molecule has 8 heteroatoms. The fraction of sp³-hybridized carbons (Fsp3) is 0.611. The summed E-state index contributed by atoms with van der Waals surface area (Å²) in [5, 5.41) is 6.12. The van der Waals surface area contributed by atoms with E-state index in [1.807, 2.05) is 6.07 Å². The first-order chi connectivity index (χ1) is 12.0. The predicted octanol–water partition coefficient (Wildman–Crippen LogP) is 0.782. The minimum atomic E-state index is -3.40. The Hall–Kier alpha value is -1.15.